The number of hydrogen-bond donors (Lipinski definition) is 1. The average molecular weight is 291 g/mol. The first-order valence-electron chi connectivity index (χ1n) is 8.48. The van der Waals surface area contributed by atoms with Gasteiger partial charge < -0.3 is 10.0 Å². The molecule has 1 N–H and O–H groups in total. The Morgan fingerprint density at radius 1 is 1.05 bits per heavy atom. The van der Waals surface area contributed by atoms with E-state index in [1.54, 1.807) is 0 Å². The van der Waals surface area contributed by atoms with E-state index >= 15 is 0 Å². The predicted molar refractivity (Wildman–Crippen MR) is 91.7 cm³/mol. The second kappa shape index (κ2) is 9.22. The zero-order valence-corrected chi connectivity index (χ0v) is 14.5. The van der Waals surface area contributed by atoms with Gasteiger partial charge in [0.1, 0.15) is 0 Å². The molecule has 0 aliphatic rings. The third-order valence-corrected chi connectivity index (χ3v) is 4.33. The summed E-state index contributed by atoms with van der Waals surface area (Å²) in [4.78, 5) is 2.52. The summed E-state index contributed by atoms with van der Waals surface area (Å²) < 4.78 is 0. The third-order valence-electron chi connectivity index (χ3n) is 4.33. The Kier molecular flexibility index (Phi) is 7.98. The molecule has 0 fully saturated rings. The van der Waals surface area contributed by atoms with E-state index in [1.807, 2.05) is 0 Å². The fraction of sp³-hybridized carbons (Fsp3) is 0.684. The molecule has 1 aromatic rings. The van der Waals surface area contributed by atoms with Crippen LogP contribution in [0.1, 0.15) is 69.2 Å². The molecule has 1 aromatic carbocycles. The van der Waals surface area contributed by atoms with Crippen molar-refractivity contribution in [1.82, 2.24) is 4.90 Å². The lowest BCUT2D eigenvalue weighted by Crippen LogP contribution is -2.35. The van der Waals surface area contributed by atoms with Crippen LogP contribution in [-0.2, 0) is 0 Å². The monoisotopic (exact) mass is 291 g/mol. The summed E-state index contributed by atoms with van der Waals surface area (Å²) in [5.74, 6) is 0. The van der Waals surface area contributed by atoms with Crippen LogP contribution in [0.4, 0.5) is 0 Å². The fourth-order valence-corrected chi connectivity index (χ4v) is 2.83. The third kappa shape index (κ3) is 6.19. The number of nitrogens with zero attached hydrogens (tertiary/aromatic N) is 1. The molecular weight excluding hydrogens is 258 g/mol. The summed E-state index contributed by atoms with van der Waals surface area (Å²) in [5, 5.41) is 10.5. The van der Waals surface area contributed by atoms with Crippen LogP contribution >= 0.6 is 0 Å². The summed E-state index contributed by atoms with van der Waals surface area (Å²) in [6, 6.07) is 6.97. The molecular formula is C19H33NO. The Morgan fingerprint density at radius 2 is 1.67 bits per heavy atom. The average Bonchev–Trinajstić information content (AvgIpc) is 2.45. The molecule has 0 radical (unpaired) electrons. The van der Waals surface area contributed by atoms with E-state index < -0.39 is 0 Å². The lowest BCUT2D eigenvalue weighted by Gasteiger charge is -2.29. The van der Waals surface area contributed by atoms with E-state index in [0.717, 1.165) is 25.1 Å². The minimum absolute atomic E-state index is 0.350. The smallest absolute Gasteiger partial charge is 0.0802 e. The Balaban J connectivity index is 2.61. The van der Waals surface area contributed by atoms with Gasteiger partial charge >= 0.3 is 0 Å². The lowest BCUT2D eigenvalue weighted by atomic mass is 10.0. The Hall–Kier alpha value is -0.860. The van der Waals surface area contributed by atoms with Crippen LogP contribution in [0.25, 0.3) is 0 Å². The molecule has 1 rings (SSSR count). The van der Waals surface area contributed by atoms with Gasteiger partial charge in [-0.3, -0.25) is 0 Å². The molecule has 0 aliphatic carbocycles. The summed E-state index contributed by atoms with van der Waals surface area (Å²) in [6.45, 7) is 13.1. The van der Waals surface area contributed by atoms with E-state index in [1.165, 1.54) is 30.4 Å². The second-order valence-electron chi connectivity index (χ2n) is 6.37. The van der Waals surface area contributed by atoms with Crippen molar-refractivity contribution in [2.24, 2.45) is 0 Å². The SMILES string of the molecule is CCCCN(CCC(O)c1cc(C)cc(C)c1)C(C)CC. The van der Waals surface area contributed by atoms with Gasteiger partial charge in [-0.05, 0) is 52.1 Å². The fourth-order valence-electron chi connectivity index (χ4n) is 2.83. The highest BCUT2D eigenvalue weighted by Gasteiger charge is 2.15. The van der Waals surface area contributed by atoms with E-state index in [-0.39, 0.29) is 6.10 Å². The highest BCUT2D eigenvalue weighted by Crippen LogP contribution is 2.21. The summed E-state index contributed by atoms with van der Waals surface area (Å²) in [5.41, 5.74) is 3.52. The van der Waals surface area contributed by atoms with Gasteiger partial charge in [0.25, 0.3) is 0 Å². The Bertz CT molecular complexity index is 396. The van der Waals surface area contributed by atoms with Crippen LogP contribution in [0, 0.1) is 13.8 Å². The van der Waals surface area contributed by atoms with Crippen molar-refractivity contribution >= 4 is 0 Å². The van der Waals surface area contributed by atoms with Crippen molar-refractivity contribution in [3.05, 3.63) is 34.9 Å². The van der Waals surface area contributed by atoms with Crippen molar-refractivity contribution in [1.29, 1.82) is 0 Å². The minimum atomic E-state index is -0.350. The number of hydrogen-bond acceptors (Lipinski definition) is 2. The molecule has 2 atom stereocenters. The number of aliphatic hydroxyl groups excluding tert-OH is 1. The molecule has 0 aromatic heterocycles. The van der Waals surface area contributed by atoms with E-state index in [2.05, 4.69) is 57.7 Å². The van der Waals surface area contributed by atoms with Crippen LogP contribution < -0.4 is 0 Å². The molecule has 120 valence electrons. The molecule has 0 amide bonds. The normalized spacial score (nSPS) is 14.4. The van der Waals surface area contributed by atoms with Gasteiger partial charge in [0.15, 0.2) is 0 Å². The molecule has 2 nitrogen and oxygen atoms in total. The van der Waals surface area contributed by atoms with Gasteiger partial charge in [-0.25, -0.2) is 0 Å². The number of aliphatic hydroxyl groups is 1. The molecule has 2 unspecified atom stereocenters. The zero-order chi connectivity index (χ0) is 15.8. The maximum absolute atomic E-state index is 10.5. The quantitative estimate of drug-likeness (QED) is 0.717. The molecule has 0 bridgehead atoms. The van der Waals surface area contributed by atoms with Gasteiger partial charge in [-0.15, -0.1) is 0 Å². The number of unbranched alkanes of at least 4 members (excludes halogenated alkanes) is 1. The Labute approximate surface area is 131 Å². The van der Waals surface area contributed by atoms with Gasteiger partial charge in [-0.1, -0.05) is 49.6 Å². The summed E-state index contributed by atoms with van der Waals surface area (Å²) in [7, 11) is 0. The topological polar surface area (TPSA) is 23.5 Å². The van der Waals surface area contributed by atoms with Crippen molar-refractivity contribution in [3.8, 4) is 0 Å². The van der Waals surface area contributed by atoms with Crippen LogP contribution in [0.2, 0.25) is 0 Å². The largest absolute Gasteiger partial charge is 0.388 e. The van der Waals surface area contributed by atoms with Crippen molar-refractivity contribution < 1.29 is 5.11 Å². The summed E-state index contributed by atoms with van der Waals surface area (Å²) >= 11 is 0. The number of rotatable bonds is 9. The van der Waals surface area contributed by atoms with Gasteiger partial charge in [0.2, 0.25) is 0 Å². The first kappa shape index (κ1) is 18.2. The van der Waals surface area contributed by atoms with Gasteiger partial charge in [0, 0.05) is 12.6 Å². The minimum Gasteiger partial charge on any atom is -0.388 e. The number of benzene rings is 1. The highest BCUT2D eigenvalue weighted by atomic mass is 16.3. The van der Waals surface area contributed by atoms with E-state index in [0.29, 0.717) is 6.04 Å². The van der Waals surface area contributed by atoms with Crippen LogP contribution in [-0.4, -0.2) is 29.1 Å². The number of aryl methyl sites for hydroxylation is 2. The van der Waals surface area contributed by atoms with Crippen molar-refractivity contribution in [3.63, 3.8) is 0 Å². The van der Waals surface area contributed by atoms with Gasteiger partial charge in [0.05, 0.1) is 6.10 Å². The van der Waals surface area contributed by atoms with Crippen LogP contribution in [0.5, 0.6) is 0 Å². The van der Waals surface area contributed by atoms with E-state index in [4.69, 9.17) is 0 Å². The molecule has 0 saturated carbocycles. The molecule has 0 aliphatic heterocycles. The lowest BCUT2D eigenvalue weighted by molar-refractivity contribution is 0.124. The van der Waals surface area contributed by atoms with Gasteiger partial charge in [-0.2, -0.15) is 0 Å². The molecule has 0 heterocycles. The molecule has 0 saturated heterocycles. The maximum Gasteiger partial charge on any atom is 0.0802 e. The highest BCUT2D eigenvalue weighted by molar-refractivity contribution is 5.29. The van der Waals surface area contributed by atoms with Crippen molar-refractivity contribution in [2.75, 3.05) is 13.1 Å². The van der Waals surface area contributed by atoms with E-state index in [9.17, 15) is 5.11 Å². The molecule has 2 heteroatoms. The maximum atomic E-state index is 10.5. The standard InChI is InChI=1S/C19H33NO/c1-6-8-10-20(17(5)7-2)11-9-19(21)18-13-15(3)12-16(4)14-18/h12-14,17,19,21H,6-11H2,1-5H3. The first-order valence-corrected chi connectivity index (χ1v) is 8.48. The molecule has 0 spiro atoms. The first-order chi connectivity index (χ1) is 9.97. The predicted octanol–water partition coefficient (Wildman–Crippen LogP) is 4.63. The van der Waals surface area contributed by atoms with Crippen molar-refractivity contribution in [2.45, 2.75) is 72.4 Å². The second-order valence-corrected chi connectivity index (χ2v) is 6.37. The van der Waals surface area contributed by atoms with Crippen LogP contribution in [0.15, 0.2) is 18.2 Å². The summed E-state index contributed by atoms with van der Waals surface area (Å²) in [6.07, 6.45) is 4.11. The molecule has 21 heavy (non-hydrogen) atoms. The zero-order valence-electron chi connectivity index (χ0n) is 14.5. The Morgan fingerprint density at radius 3 is 2.19 bits per heavy atom. The van der Waals surface area contributed by atoms with Crippen LogP contribution in [0.3, 0.4) is 0 Å².